The summed E-state index contributed by atoms with van der Waals surface area (Å²) in [4.78, 5) is 4.45. The van der Waals surface area contributed by atoms with Crippen LogP contribution in [-0.4, -0.2) is 19.3 Å². The van der Waals surface area contributed by atoms with Crippen LogP contribution in [0.15, 0.2) is 12.2 Å². The summed E-state index contributed by atoms with van der Waals surface area (Å²) in [6, 6.07) is 0. The summed E-state index contributed by atoms with van der Waals surface area (Å²) in [6.07, 6.45) is 3.35. The minimum atomic E-state index is 0.359. The average Bonchev–Trinajstić information content (AvgIpc) is 2.56. The topological polar surface area (TPSA) is 44.5 Å². The highest BCUT2D eigenvalue weighted by Gasteiger charge is 2.17. The molecule has 1 heterocycles. The van der Waals surface area contributed by atoms with E-state index in [2.05, 4.69) is 11.4 Å². The Morgan fingerprint density at radius 1 is 1.62 bits per heavy atom. The van der Waals surface area contributed by atoms with Crippen LogP contribution in [0.2, 0.25) is 0 Å². The fraction of sp³-hybridized carbons (Fsp3) is 0.800. The Morgan fingerprint density at radius 3 is 2.77 bits per heavy atom. The number of nitrogens with two attached hydrogens (primary N) is 1. The van der Waals surface area contributed by atoms with Gasteiger partial charge in [0.25, 0.3) is 0 Å². The molecule has 0 aromatic carbocycles. The minimum Gasteiger partial charge on any atom is -0.374 e. The normalized spacial score (nSPS) is 21.2. The van der Waals surface area contributed by atoms with Gasteiger partial charge in [0, 0.05) is 0 Å². The maximum atomic E-state index is 5.42. The van der Waals surface area contributed by atoms with Crippen molar-refractivity contribution in [3.8, 4) is 0 Å². The van der Waals surface area contributed by atoms with Crippen LogP contribution in [0.5, 0.6) is 0 Å². The van der Waals surface area contributed by atoms with Crippen LogP contribution in [0.3, 0.4) is 0 Å². The molecule has 78 valence electrons. The second-order valence-electron chi connectivity index (χ2n) is 2.90. The molecule has 1 aliphatic heterocycles. The highest BCUT2D eigenvalue weighted by atomic mass is 16.6. The van der Waals surface area contributed by atoms with E-state index in [1.807, 2.05) is 13.8 Å². The van der Waals surface area contributed by atoms with Gasteiger partial charge in [0.2, 0.25) is 0 Å². The second kappa shape index (κ2) is 8.23. The first-order valence-electron chi connectivity index (χ1n) is 4.93. The third kappa shape index (κ3) is 5.80. The molecule has 1 fully saturated rings. The lowest BCUT2D eigenvalue weighted by Crippen LogP contribution is -2.08. The van der Waals surface area contributed by atoms with Crippen LogP contribution in [0.25, 0.3) is 0 Å². The van der Waals surface area contributed by atoms with Crippen molar-refractivity contribution < 1.29 is 9.57 Å². The molecule has 0 aromatic rings. The second-order valence-corrected chi connectivity index (χ2v) is 2.90. The maximum Gasteiger partial charge on any atom is 0.0680 e. The van der Waals surface area contributed by atoms with Crippen molar-refractivity contribution in [1.82, 2.24) is 0 Å². The van der Waals surface area contributed by atoms with E-state index in [1.165, 1.54) is 5.57 Å². The summed E-state index contributed by atoms with van der Waals surface area (Å²) < 4.78 is 5.42. The summed E-state index contributed by atoms with van der Waals surface area (Å²) in [7, 11) is 0. The van der Waals surface area contributed by atoms with Crippen molar-refractivity contribution in [3.63, 3.8) is 0 Å². The lowest BCUT2D eigenvalue weighted by atomic mass is 10.1. The van der Waals surface area contributed by atoms with Crippen LogP contribution >= 0.6 is 0 Å². The molecule has 0 bridgehead atoms. The molecule has 13 heavy (non-hydrogen) atoms. The monoisotopic (exact) mass is 187 g/mol. The number of hydrogen-bond donors (Lipinski definition) is 1. The predicted molar refractivity (Wildman–Crippen MR) is 54.2 cm³/mol. The van der Waals surface area contributed by atoms with Crippen molar-refractivity contribution in [2.24, 2.45) is 5.90 Å². The molecular formula is C10H21NO2. The van der Waals surface area contributed by atoms with Gasteiger partial charge in [-0.2, -0.15) is 0 Å². The zero-order valence-corrected chi connectivity index (χ0v) is 8.71. The lowest BCUT2D eigenvalue weighted by Gasteiger charge is -2.06. The molecule has 0 radical (unpaired) electrons. The quantitative estimate of drug-likeness (QED) is 0.416. The molecule has 0 unspecified atom stereocenters. The Balaban J connectivity index is 0.000000671. The van der Waals surface area contributed by atoms with Crippen molar-refractivity contribution in [3.05, 3.63) is 12.2 Å². The number of hydrogen-bond acceptors (Lipinski definition) is 3. The zero-order valence-electron chi connectivity index (χ0n) is 8.71. The third-order valence-corrected chi connectivity index (χ3v) is 1.83. The van der Waals surface area contributed by atoms with Gasteiger partial charge in [-0.1, -0.05) is 20.4 Å². The van der Waals surface area contributed by atoms with Gasteiger partial charge in [-0.25, -0.2) is 5.90 Å². The highest BCUT2D eigenvalue weighted by Crippen LogP contribution is 2.20. The van der Waals surface area contributed by atoms with E-state index >= 15 is 0 Å². The van der Waals surface area contributed by atoms with E-state index in [4.69, 9.17) is 10.6 Å². The minimum absolute atomic E-state index is 0.359. The van der Waals surface area contributed by atoms with Crippen LogP contribution in [0.4, 0.5) is 0 Å². The maximum absolute atomic E-state index is 5.42. The first kappa shape index (κ1) is 12.6. The van der Waals surface area contributed by atoms with Crippen LogP contribution < -0.4 is 5.90 Å². The predicted octanol–water partition coefficient (Wildman–Crippen LogP) is 2.03. The van der Waals surface area contributed by atoms with Gasteiger partial charge in [0.05, 0.1) is 19.3 Å². The highest BCUT2D eigenvalue weighted by molar-refractivity contribution is 5.01. The van der Waals surface area contributed by atoms with Crippen LogP contribution in [-0.2, 0) is 9.57 Å². The molecule has 0 amide bonds. The summed E-state index contributed by atoms with van der Waals surface area (Å²) >= 11 is 0. The summed E-state index contributed by atoms with van der Waals surface area (Å²) in [5, 5.41) is 0. The fourth-order valence-corrected chi connectivity index (χ4v) is 1.26. The van der Waals surface area contributed by atoms with Crippen molar-refractivity contribution in [2.75, 3.05) is 13.2 Å². The van der Waals surface area contributed by atoms with E-state index in [9.17, 15) is 0 Å². The molecular weight excluding hydrogens is 166 g/mol. The first-order valence-corrected chi connectivity index (χ1v) is 4.93. The molecule has 0 aromatic heterocycles. The Kier molecular flexibility index (Phi) is 7.99. The largest absolute Gasteiger partial charge is 0.374 e. The third-order valence-electron chi connectivity index (χ3n) is 1.83. The van der Waals surface area contributed by atoms with E-state index in [1.54, 1.807) is 0 Å². The Bertz CT molecular complexity index is 137. The lowest BCUT2D eigenvalue weighted by molar-refractivity contribution is 0.0836. The van der Waals surface area contributed by atoms with Crippen LogP contribution in [0.1, 0.15) is 33.1 Å². The van der Waals surface area contributed by atoms with E-state index in [0.29, 0.717) is 12.7 Å². The molecule has 0 saturated carbocycles. The average molecular weight is 187 g/mol. The Labute approximate surface area is 80.9 Å². The van der Waals surface area contributed by atoms with Crippen LogP contribution in [0, 0.1) is 0 Å². The Morgan fingerprint density at radius 2 is 2.31 bits per heavy atom. The fourth-order valence-electron chi connectivity index (χ4n) is 1.26. The molecule has 1 rings (SSSR count). The van der Waals surface area contributed by atoms with Gasteiger partial charge in [0.15, 0.2) is 0 Å². The van der Waals surface area contributed by atoms with Crippen molar-refractivity contribution >= 4 is 0 Å². The molecule has 0 spiro atoms. The molecule has 2 N–H and O–H groups in total. The SMILES string of the molecule is C=C1CO[C@@H](CCCON)C1.CC. The van der Waals surface area contributed by atoms with Gasteiger partial charge in [-0.15, -0.1) is 0 Å². The molecule has 1 aliphatic rings. The van der Waals surface area contributed by atoms with Gasteiger partial charge in [-0.05, 0) is 24.8 Å². The number of ether oxygens (including phenoxy) is 1. The molecule has 1 atom stereocenters. The van der Waals surface area contributed by atoms with Gasteiger partial charge < -0.3 is 9.57 Å². The molecule has 3 nitrogen and oxygen atoms in total. The van der Waals surface area contributed by atoms with E-state index in [-0.39, 0.29) is 0 Å². The standard InChI is InChI=1S/C8H15NO2.C2H6/c1-7-5-8(10-6-7)3-2-4-11-9;1-2/h8H,1-6,9H2;1-2H3/t8-;/m0./s1. The van der Waals surface area contributed by atoms with Gasteiger partial charge >= 0.3 is 0 Å². The van der Waals surface area contributed by atoms with Crippen molar-refractivity contribution in [2.45, 2.75) is 39.2 Å². The van der Waals surface area contributed by atoms with Crippen molar-refractivity contribution in [1.29, 1.82) is 0 Å². The Hall–Kier alpha value is -0.380. The zero-order chi connectivity index (χ0) is 10.1. The number of rotatable bonds is 4. The molecule has 3 heteroatoms. The first-order chi connectivity index (χ1) is 6.33. The van der Waals surface area contributed by atoms with E-state index < -0.39 is 0 Å². The van der Waals surface area contributed by atoms with Gasteiger partial charge in [0.1, 0.15) is 0 Å². The summed E-state index contributed by atoms with van der Waals surface area (Å²) in [6.45, 7) is 9.20. The smallest absolute Gasteiger partial charge is 0.0680 e. The van der Waals surface area contributed by atoms with Gasteiger partial charge in [-0.3, -0.25) is 0 Å². The molecule has 0 aliphatic carbocycles. The molecule has 1 saturated heterocycles. The summed E-state index contributed by atoms with van der Waals surface area (Å²) in [5.41, 5.74) is 1.20. The van der Waals surface area contributed by atoms with E-state index in [0.717, 1.165) is 25.9 Å². The summed E-state index contributed by atoms with van der Waals surface area (Å²) in [5.74, 6) is 4.88.